The summed E-state index contributed by atoms with van der Waals surface area (Å²) in [5.74, 6) is 1.01. The number of halogens is 1. The molecule has 3 rings (SSSR count). The summed E-state index contributed by atoms with van der Waals surface area (Å²) < 4.78 is 1.16. The van der Waals surface area contributed by atoms with Crippen molar-refractivity contribution >= 4 is 15.9 Å². The Kier molecular flexibility index (Phi) is 4.25. The minimum atomic E-state index is 0.479. The molecular formula is C16H23BrN2. The maximum atomic E-state index is 3.50. The van der Waals surface area contributed by atoms with Crippen LogP contribution in [0.15, 0.2) is 28.7 Å². The van der Waals surface area contributed by atoms with E-state index in [1.165, 1.54) is 44.3 Å². The number of piperidine rings is 1. The molecule has 1 saturated heterocycles. The van der Waals surface area contributed by atoms with Crippen LogP contribution in [0.3, 0.4) is 0 Å². The highest BCUT2D eigenvalue weighted by molar-refractivity contribution is 9.10. The van der Waals surface area contributed by atoms with Gasteiger partial charge in [0.15, 0.2) is 0 Å². The fraction of sp³-hybridized carbons (Fsp3) is 0.625. The molecule has 0 aromatic heterocycles. The Morgan fingerprint density at radius 3 is 2.68 bits per heavy atom. The van der Waals surface area contributed by atoms with E-state index in [4.69, 9.17) is 0 Å². The monoisotopic (exact) mass is 322 g/mol. The molecule has 2 bridgehead atoms. The average Bonchev–Trinajstić information content (AvgIpc) is 3.04. The van der Waals surface area contributed by atoms with Crippen LogP contribution in [0.1, 0.15) is 37.3 Å². The van der Waals surface area contributed by atoms with Crippen molar-refractivity contribution in [1.29, 1.82) is 0 Å². The lowest BCUT2D eigenvalue weighted by Crippen LogP contribution is -2.34. The number of benzene rings is 1. The second-order valence-corrected chi connectivity index (χ2v) is 6.93. The van der Waals surface area contributed by atoms with Crippen LogP contribution in [0.25, 0.3) is 0 Å². The molecule has 1 heterocycles. The van der Waals surface area contributed by atoms with E-state index in [0.717, 1.165) is 16.4 Å². The van der Waals surface area contributed by atoms with Crippen LogP contribution in [-0.4, -0.2) is 31.1 Å². The first-order chi connectivity index (χ1) is 9.26. The second-order valence-electron chi connectivity index (χ2n) is 6.01. The smallest absolute Gasteiger partial charge is 0.0329 e. The van der Waals surface area contributed by atoms with Crippen LogP contribution in [0.5, 0.6) is 0 Å². The summed E-state index contributed by atoms with van der Waals surface area (Å²) in [6.07, 6.45) is 5.58. The highest BCUT2D eigenvalue weighted by Gasteiger charge is 2.37. The predicted octanol–water partition coefficient (Wildman–Crippen LogP) is 3.58. The molecule has 0 spiro atoms. The van der Waals surface area contributed by atoms with E-state index in [0.29, 0.717) is 6.04 Å². The molecule has 0 amide bonds. The first kappa shape index (κ1) is 13.6. The van der Waals surface area contributed by atoms with Gasteiger partial charge < -0.3 is 10.2 Å². The Morgan fingerprint density at radius 2 is 2.11 bits per heavy atom. The third kappa shape index (κ3) is 3.04. The van der Waals surface area contributed by atoms with E-state index in [1.54, 1.807) is 0 Å². The van der Waals surface area contributed by atoms with Gasteiger partial charge in [-0.2, -0.15) is 0 Å². The molecule has 1 aromatic rings. The van der Waals surface area contributed by atoms with Crippen molar-refractivity contribution in [3.8, 4) is 0 Å². The molecule has 1 aromatic carbocycles. The molecule has 2 nitrogen and oxygen atoms in total. The third-order valence-corrected chi connectivity index (χ3v) is 5.38. The van der Waals surface area contributed by atoms with Crippen molar-refractivity contribution in [1.82, 2.24) is 10.2 Å². The standard InChI is InChI=1S/C16H23BrN2/c1-18-16(13-3-5-14(17)6-4-13)8-9-19-11-12-2-7-15(19)10-12/h3-6,12,15-16,18H,2,7-11H2,1H3. The van der Waals surface area contributed by atoms with Crippen LogP contribution < -0.4 is 5.32 Å². The number of likely N-dealkylation sites (tertiary alicyclic amines) is 1. The highest BCUT2D eigenvalue weighted by atomic mass is 79.9. The summed E-state index contributed by atoms with van der Waals surface area (Å²) in [7, 11) is 2.07. The van der Waals surface area contributed by atoms with Crippen molar-refractivity contribution in [2.45, 2.75) is 37.8 Å². The maximum Gasteiger partial charge on any atom is 0.0329 e. The number of nitrogens with one attached hydrogen (secondary N) is 1. The van der Waals surface area contributed by atoms with Gasteiger partial charge in [0.05, 0.1) is 0 Å². The van der Waals surface area contributed by atoms with Crippen molar-refractivity contribution in [3.05, 3.63) is 34.3 Å². The van der Waals surface area contributed by atoms with Gasteiger partial charge in [0.25, 0.3) is 0 Å². The Balaban J connectivity index is 1.56. The number of nitrogens with zero attached hydrogens (tertiary/aromatic N) is 1. The van der Waals surface area contributed by atoms with Gasteiger partial charge in [0, 0.05) is 29.6 Å². The van der Waals surface area contributed by atoms with Gasteiger partial charge in [-0.3, -0.25) is 0 Å². The van der Waals surface area contributed by atoms with Crippen LogP contribution in [-0.2, 0) is 0 Å². The van der Waals surface area contributed by atoms with Crippen molar-refractivity contribution in [2.24, 2.45) is 5.92 Å². The number of rotatable bonds is 5. The second kappa shape index (κ2) is 5.94. The summed E-state index contributed by atoms with van der Waals surface area (Å²) in [5.41, 5.74) is 1.40. The quantitative estimate of drug-likeness (QED) is 0.891. The zero-order chi connectivity index (χ0) is 13.2. The van der Waals surface area contributed by atoms with Gasteiger partial charge in [-0.1, -0.05) is 28.1 Å². The Bertz CT molecular complexity index is 417. The van der Waals surface area contributed by atoms with Gasteiger partial charge in [0.1, 0.15) is 0 Å². The fourth-order valence-corrected chi connectivity index (χ4v) is 4.03. The van der Waals surface area contributed by atoms with Crippen LogP contribution in [0.2, 0.25) is 0 Å². The first-order valence-electron chi connectivity index (χ1n) is 7.43. The summed E-state index contributed by atoms with van der Waals surface area (Å²) in [5, 5.41) is 3.46. The van der Waals surface area contributed by atoms with Gasteiger partial charge in [-0.05, 0) is 56.3 Å². The summed E-state index contributed by atoms with van der Waals surface area (Å²) in [6.45, 7) is 2.59. The molecular weight excluding hydrogens is 300 g/mol. The Labute approximate surface area is 124 Å². The van der Waals surface area contributed by atoms with Crippen LogP contribution in [0, 0.1) is 5.92 Å². The van der Waals surface area contributed by atoms with Crippen LogP contribution in [0.4, 0.5) is 0 Å². The Morgan fingerprint density at radius 1 is 1.32 bits per heavy atom. The molecule has 19 heavy (non-hydrogen) atoms. The molecule has 2 fully saturated rings. The molecule has 104 valence electrons. The maximum absolute atomic E-state index is 3.50. The van der Waals surface area contributed by atoms with Gasteiger partial charge in [-0.25, -0.2) is 0 Å². The van der Waals surface area contributed by atoms with E-state index in [2.05, 4.69) is 57.5 Å². The van der Waals surface area contributed by atoms with Crippen molar-refractivity contribution < 1.29 is 0 Å². The minimum absolute atomic E-state index is 0.479. The highest BCUT2D eigenvalue weighted by Crippen LogP contribution is 2.37. The molecule has 3 atom stereocenters. The first-order valence-corrected chi connectivity index (χ1v) is 8.22. The largest absolute Gasteiger partial charge is 0.313 e. The van der Waals surface area contributed by atoms with Crippen molar-refractivity contribution in [2.75, 3.05) is 20.1 Å². The van der Waals surface area contributed by atoms with Crippen molar-refractivity contribution in [3.63, 3.8) is 0 Å². The molecule has 1 aliphatic heterocycles. The van der Waals surface area contributed by atoms with E-state index < -0.39 is 0 Å². The topological polar surface area (TPSA) is 15.3 Å². The van der Waals surface area contributed by atoms with E-state index in [-0.39, 0.29) is 0 Å². The Hall–Kier alpha value is -0.380. The van der Waals surface area contributed by atoms with E-state index in [1.807, 2.05) is 0 Å². The molecule has 0 radical (unpaired) electrons. The SMILES string of the molecule is CNC(CCN1CC2CCC1C2)c1ccc(Br)cc1. The zero-order valence-corrected chi connectivity index (χ0v) is 13.2. The minimum Gasteiger partial charge on any atom is -0.313 e. The lowest BCUT2D eigenvalue weighted by Gasteiger charge is -2.28. The van der Waals surface area contributed by atoms with Gasteiger partial charge >= 0.3 is 0 Å². The number of hydrogen-bond acceptors (Lipinski definition) is 2. The predicted molar refractivity (Wildman–Crippen MR) is 83.3 cm³/mol. The lowest BCUT2D eigenvalue weighted by atomic mass is 10.0. The third-order valence-electron chi connectivity index (χ3n) is 4.85. The summed E-state index contributed by atoms with van der Waals surface area (Å²) in [6, 6.07) is 10.1. The summed E-state index contributed by atoms with van der Waals surface area (Å²) >= 11 is 3.50. The number of fused-ring (bicyclic) bond motifs is 2. The molecule has 3 unspecified atom stereocenters. The van der Waals surface area contributed by atoms with Gasteiger partial charge in [-0.15, -0.1) is 0 Å². The van der Waals surface area contributed by atoms with Crippen LogP contribution >= 0.6 is 15.9 Å². The van der Waals surface area contributed by atoms with E-state index >= 15 is 0 Å². The molecule has 1 saturated carbocycles. The zero-order valence-electron chi connectivity index (χ0n) is 11.6. The van der Waals surface area contributed by atoms with E-state index in [9.17, 15) is 0 Å². The molecule has 1 N–H and O–H groups in total. The lowest BCUT2D eigenvalue weighted by molar-refractivity contribution is 0.203. The fourth-order valence-electron chi connectivity index (χ4n) is 3.77. The summed E-state index contributed by atoms with van der Waals surface area (Å²) in [4.78, 5) is 2.72. The normalized spacial score (nSPS) is 27.9. The molecule has 2 aliphatic rings. The number of hydrogen-bond donors (Lipinski definition) is 1. The average molecular weight is 323 g/mol. The molecule has 3 heteroatoms. The molecule has 1 aliphatic carbocycles. The van der Waals surface area contributed by atoms with Gasteiger partial charge in [0.2, 0.25) is 0 Å².